The van der Waals surface area contributed by atoms with Gasteiger partial charge >= 0.3 is 0 Å². The highest BCUT2D eigenvalue weighted by atomic mass is 16.5. The normalized spacial score (nSPS) is 24.6. The maximum atomic E-state index is 12.1. The summed E-state index contributed by atoms with van der Waals surface area (Å²) in [6.07, 6.45) is 4.04. The minimum Gasteiger partial charge on any atom is -0.379 e. The highest BCUT2D eigenvalue weighted by molar-refractivity contribution is 5.86. The Balaban J connectivity index is 1.99. The number of hydrogen-bond acceptors (Lipinski definition) is 4. The van der Waals surface area contributed by atoms with Crippen LogP contribution in [-0.2, 0) is 16.1 Å². The number of nitrogens with two attached hydrogens (primary N) is 1. The van der Waals surface area contributed by atoms with Crippen molar-refractivity contribution in [2.75, 3.05) is 20.3 Å². The van der Waals surface area contributed by atoms with Crippen LogP contribution in [0.1, 0.15) is 12.0 Å². The molecule has 1 saturated heterocycles. The molecule has 0 spiro atoms. The number of aromatic nitrogens is 2. The van der Waals surface area contributed by atoms with Crippen molar-refractivity contribution in [2.24, 2.45) is 5.73 Å². The number of carbonyl (C=O) groups excluding carboxylic acids is 1. The Labute approximate surface area is 93.8 Å². The number of nitrogens with zero attached hydrogens (tertiary/aromatic N) is 2. The van der Waals surface area contributed by atoms with Gasteiger partial charge in [0.1, 0.15) is 5.54 Å². The SMILES string of the molecule is CN(Cc1cn[nH]c1)C(=O)C1(N)CCOC1. The first kappa shape index (κ1) is 11.1. The fraction of sp³-hybridized carbons (Fsp3) is 0.600. The van der Waals surface area contributed by atoms with Crippen molar-refractivity contribution in [3.8, 4) is 0 Å². The van der Waals surface area contributed by atoms with Gasteiger partial charge in [0.25, 0.3) is 0 Å². The molecular weight excluding hydrogens is 208 g/mol. The van der Waals surface area contributed by atoms with E-state index in [1.165, 1.54) is 0 Å². The van der Waals surface area contributed by atoms with Crippen LogP contribution < -0.4 is 5.73 Å². The second-order valence-electron chi connectivity index (χ2n) is 4.23. The lowest BCUT2D eigenvalue weighted by Gasteiger charge is -2.27. The zero-order valence-corrected chi connectivity index (χ0v) is 9.27. The van der Waals surface area contributed by atoms with Gasteiger partial charge in [-0.1, -0.05) is 0 Å². The van der Waals surface area contributed by atoms with Gasteiger partial charge in [-0.05, 0) is 6.42 Å². The van der Waals surface area contributed by atoms with E-state index < -0.39 is 5.54 Å². The Bertz CT molecular complexity index is 357. The first-order valence-electron chi connectivity index (χ1n) is 5.22. The molecule has 1 aromatic heterocycles. The molecule has 1 atom stereocenters. The number of H-pyrrole nitrogens is 1. The van der Waals surface area contributed by atoms with E-state index in [2.05, 4.69) is 10.2 Å². The molecule has 0 aromatic carbocycles. The molecule has 0 saturated carbocycles. The van der Waals surface area contributed by atoms with Gasteiger partial charge in [0.2, 0.25) is 5.91 Å². The van der Waals surface area contributed by atoms with Gasteiger partial charge in [-0.3, -0.25) is 9.89 Å². The molecule has 6 nitrogen and oxygen atoms in total. The summed E-state index contributed by atoms with van der Waals surface area (Å²) in [6, 6.07) is 0. The molecule has 0 bridgehead atoms. The van der Waals surface area contributed by atoms with E-state index >= 15 is 0 Å². The molecule has 2 rings (SSSR count). The topological polar surface area (TPSA) is 84.2 Å². The zero-order valence-electron chi connectivity index (χ0n) is 9.27. The summed E-state index contributed by atoms with van der Waals surface area (Å²) >= 11 is 0. The smallest absolute Gasteiger partial charge is 0.245 e. The van der Waals surface area contributed by atoms with Gasteiger partial charge in [0.15, 0.2) is 0 Å². The fourth-order valence-corrected chi connectivity index (χ4v) is 1.84. The van der Waals surface area contributed by atoms with Crippen molar-refractivity contribution in [3.63, 3.8) is 0 Å². The van der Waals surface area contributed by atoms with Crippen LogP contribution in [0.5, 0.6) is 0 Å². The van der Waals surface area contributed by atoms with E-state index in [-0.39, 0.29) is 5.91 Å². The molecule has 1 amide bonds. The summed E-state index contributed by atoms with van der Waals surface area (Å²) in [5, 5.41) is 6.54. The molecule has 1 unspecified atom stereocenters. The lowest BCUT2D eigenvalue weighted by Crippen LogP contribution is -2.54. The molecule has 3 N–H and O–H groups in total. The molecule has 2 heterocycles. The third kappa shape index (κ3) is 2.07. The number of hydrogen-bond donors (Lipinski definition) is 2. The van der Waals surface area contributed by atoms with Gasteiger partial charge in [-0.15, -0.1) is 0 Å². The molecule has 16 heavy (non-hydrogen) atoms. The molecule has 0 radical (unpaired) electrons. The van der Waals surface area contributed by atoms with Gasteiger partial charge in [0.05, 0.1) is 12.8 Å². The maximum Gasteiger partial charge on any atom is 0.245 e. The van der Waals surface area contributed by atoms with E-state index in [4.69, 9.17) is 10.5 Å². The van der Waals surface area contributed by atoms with Crippen molar-refractivity contribution in [1.82, 2.24) is 15.1 Å². The van der Waals surface area contributed by atoms with Crippen molar-refractivity contribution in [3.05, 3.63) is 18.0 Å². The van der Waals surface area contributed by atoms with Crippen LogP contribution in [0.2, 0.25) is 0 Å². The molecule has 1 aliphatic heterocycles. The number of ether oxygens (including phenoxy) is 1. The molecule has 0 aliphatic carbocycles. The van der Waals surface area contributed by atoms with Crippen LogP contribution in [0.25, 0.3) is 0 Å². The number of carbonyl (C=O) groups is 1. The molecular formula is C10H16N4O2. The highest BCUT2D eigenvalue weighted by Gasteiger charge is 2.40. The van der Waals surface area contributed by atoms with Crippen LogP contribution in [0.4, 0.5) is 0 Å². The third-order valence-corrected chi connectivity index (χ3v) is 2.80. The Morgan fingerprint density at radius 1 is 1.81 bits per heavy atom. The first-order valence-corrected chi connectivity index (χ1v) is 5.22. The first-order chi connectivity index (χ1) is 7.62. The molecule has 6 heteroatoms. The van der Waals surface area contributed by atoms with Crippen LogP contribution in [0, 0.1) is 0 Å². The lowest BCUT2D eigenvalue weighted by molar-refractivity contribution is -0.136. The summed E-state index contributed by atoms with van der Waals surface area (Å²) < 4.78 is 5.18. The van der Waals surface area contributed by atoms with Gasteiger partial charge < -0.3 is 15.4 Å². The minimum atomic E-state index is -0.849. The van der Waals surface area contributed by atoms with E-state index in [0.29, 0.717) is 26.2 Å². The number of nitrogens with one attached hydrogen (secondary N) is 1. The average Bonchev–Trinajstić information content (AvgIpc) is 2.89. The van der Waals surface area contributed by atoms with Gasteiger partial charge in [-0.25, -0.2) is 0 Å². The van der Waals surface area contributed by atoms with Crippen molar-refractivity contribution >= 4 is 5.91 Å². The maximum absolute atomic E-state index is 12.1. The Morgan fingerprint density at radius 3 is 3.19 bits per heavy atom. The fourth-order valence-electron chi connectivity index (χ4n) is 1.84. The van der Waals surface area contributed by atoms with Crippen LogP contribution >= 0.6 is 0 Å². The quantitative estimate of drug-likeness (QED) is 0.724. The Kier molecular flexibility index (Phi) is 2.93. The summed E-state index contributed by atoms with van der Waals surface area (Å²) in [4.78, 5) is 13.7. The predicted molar refractivity (Wildman–Crippen MR) is 57.4 cm³/mol. The van der Waals surface area contributed by atoms with E-state index in [1.54, 1.807) is 24.3 Å². The van der Waals surface area contributed by atoms with Gasteiger partial charge in [-0.2, -0.15) is 5.10 Å². The standard InChI is InChI=1S/C10H16N4O2/c1-14(6-8-4-12-13-5-8)9(15)10(11)2-3-16-7-10/h4-5H,2-3,6-7,11H2,1H3,(H,12,13). The van der Waals surface area contributed by atoms with Crippen molar-refractivity contribution in [2.45, 2.75) is 18.5 Å². The number of rotatable bonds is 3. The van der Waals surface area contributed by atoms with E-state index in [1.807, 2.05) is 0 Å². The van der Waals surface area contributed by atoms with Crippen molar-refractivity contribution in [1.29, 1.82) is 0 Å². The Hall–Kier alpha value is -1.40. The summed E-state index contributed by atoms with van der Waals surface area (Å²) in [6.45, 7) is 1.37. The third-order valence-electron chi connectivity index (χ3n) is 2.80. The van der Waals surface area contributed by atoms with Crippen LogP contribution in [0.3, 0.4) is 0 Å². The summed E-state index contributed by atoms with van der Waals surface area (Å²) in [5.74, 6) is -0.0776. The predicted octanol–water partition coefficient (Wildman–Crippen LogP) is -0.514. The minimum absolute atomic E-state index is 0.0776. The largest absolute Gasteiger partial charge is 0.379 e. The van der Waals surface area contributed by atoms with E-state index in [0.717, 1.165) is 5.56 Å². The van der Waals surface area contributed by atoms with Crippen LogP contribution in [0.15, 0.2) is 12.4 Å². The molecule has 1 aliphatic rings. The van der Waals surface area contributed by atoms with Crippen molar-refractivity contribution < 1.29 is 9.53 Å². The zero-order chi connectivity index (χ0) is 11.6. The second kappa shape index (κ2) is 4.23. The average molecular weight is 224 g/mol. The number of likely N-dealkylation sites (N-methyl/N-ethyl adjacent to an activating group) is 1. The second-order valence-corrected chi connectivity index (χ2v) is 4.23. The molecule has 1 fully saturated rings. The number of amides is 1. The monoisotopic (exact) mass is 224 g/mol. The summed E-state index contributed by atoms with van der Waals surface area (Å²) in [7, 11) is 1.74. The lowest BCUT2D eigenvalue weighted by atomic mass is 9.98. The van der Waals surface area contributed by atoms with Crippen LogP contribution in [-0.4, -0.2) is 46.8 Å². The Morgan fingerprint density at radius 2 is 2.62 bits per heavy atom. The highest BCUT2D eigenvalue weighted by Crippen LogP contribution is 2.18. The summed E-state index contributed by atoms with van der Waals surface area (Å²) in [5.41, 5.74) is 6.10. The molecule has 88 valence electrons. The van der Waals surface area contributed by atoms with Gasteiger partial charge in [0, 0.05) is 32.0 Å². The molecule has 1 aromatic rings. The number of aromatic amines is 1. The van der Waals surface area contributed by atoms with E-state index in [9.17, 15) is 4.79 Å².